The summed E-state index contributed by atoms with van der Waals surface area (Å²) >= 11 is 0. The molecular weight excluding hydrogens is 222 g/mol. The molecule has 2 heteroatoms. The van der Waals surface area contributed by atoms with Crippen LogP contribution >= 0.6 is 0 Å². The Morgan fingerprint density at radius 2 is 1.44 bits per heavy atom. The maximum absolute atomic E-state index is 9.41. The van der Waals surface area contributed by atoms with Gasteiger partial charge in [-0.3, -0.25) is 0 Å². The van der Waals surface area contributed by atoms with Crippen LogP contribution in [0.25, 0.3) is 0 Å². The summed E-state index contributed by atoms with van der Waals surface area (Å²) in [5, 5.41) is 9.41. The predicted octanol–water partition coefficient (Wildman–Crippen LogP) is 4.30. The Bertz CT molecular complexity index is 341. The van der Waals surface area contributed by atoms with Gasteiger partial charge in [-0.25, -0.2) is 0 Å². The highest BCUT2D eigenvalue weighted by Crippen LogP contribution is 2.32. The second-order valence-electron chi connectivity index (χ2n) is 4.64. The zero-order chi connectivity index (χ0) is 11.4. The van der Waals surface area contributed by atoms with E-state index in [9.17, 15) is 5.11 Å². The molecule has 1 aliphatic rings. The summed E-state index contributed by atoms with van der Waals surface area (Å²) in [7, 11) is 0. The summed E-state index contributed by atoms with van der Waals surface area (Å²) in [5.74, 6) is 1.70. The predicted molar refractivity (Wildman–Crippen MR) is 77.9 cm³/mol. The van der Waals surface area contributed by atoms with Crippen LogP contribution in [0.1, 0.15) is 50.5 Å². The highest BCUT2D eigenvalue weighted by Gasteiger charge is 2.14. The summed E-state index contributed by atoms with van der Waals surface area (Å²) in [6, 6.07) is 5.60. The Morgan fingerprint density at radius 3 is 2.00 bits per heavy atom. The number of nitrogen functional groups attached to an aromatic ring is 1. The summed E-state index contributed by atoms with van der Waals surface area (Å²) in [5.41, 5.74) is 7.45. The summed E-state index contributed by atoms with van der Waals surface area (Å²) in [6.45, 7) is 0. The second kappa shape index (κ2) is 8.02. The topological polar surface area (TPSA) is 46.2 Å². The van der Waals surface area contributed by atoms with E-state index in [4.69, 9.17) is 5.73 Å². The molecule has 3 N–H and O–H groups in total. The van der Waals surface area contributed by atoms with E-state index >= 15 is 0 Å². The smallest absolute Gasteiger partial charge is 0.138 e. The first-order chi connectivity index (χ1) is 7.77. The number of phenols is 1. The number of anilines is 1. The van der Waals surface area contributed by atoms with Crippen LogP contribution in [0.15, 0.2) is 18.2 Å². The van der Waals surface area contributed by atoms with Crippen LogP contribution < -0.4 is 5.73 Å². The van der Waals surface area contributed by atoms with E-state index in [1.165, 1.54) is 56.4 Å². The van der Waals surface area contributed by atoms with Crippen molar-refractivity contribution in [3.05, 3.63) is 44.5 Å². The molecule has 1 fully saturated rings. The Labute approximate surface area is 112 Å². The van der Waals surface area contributed by atoms with Gasteiger partial charge in [-0.15, -0.1) is 0 Å². The second-order valence-corrected chi connectivity index (χ2v) is 4.64. The Hall–Kier alpha value is -1.18. The first kappa shape index (κ1) is 16.8. The molecule has 2 nitrogen and oxygen atoms in total. The van der Waals surface area contributed by atoms with Crippen molar-refractivity contribution in [3.63, 3.8) is 0 Å². The van der Waals surface area contributed by atoms with Crippen LogP contribution in [-0.2, 0) is 0 Å². The molecule has 99 valence electrons. The molecule has 2 rings (SSSR count). The van der Waals surface area contributed by atoms with E-state index < -0.39 is 0 Å². The van der Waals surface area contributed by atoms with Crippen molar-refractivity contribution in [3.8, 4) is 5.75 Å². The molecule has 0 aliphatic heterocycles. The van der Waals surface area contributed by atoms with Gasteiger partial charge in [0.15, 0.2) is 0 Å². The number of rotatable bonds is 1. The average molecular weight is 246 g/mol. The third-order valence-electron chi connectivity index (χ3n) is 3.39. The maximum Gasteiger partial charge on any atom is 0.138 e. The number of benzene rings is 1. The fourth-order valence-electron chi connectivity index (χ4n) is 2.40. The molecule has 1 aromatic carbocycles. The molecule has 5 radical (unpaired) electrons. The Balaban J connectivity index is 0.00000144. The molecule has 18 heavy (non-hydrogen) atoms. The highest BCUT2D eigenvalue weighted by molar-refractivity contribution is 5.55. The van der Waals surface area contributed by atoms with Crippen molar-refractivity contribution in [1.82, 2.24) is 0 Å². The molecule has 0 spiro atoms. The van der Waals surface area contributed by atoms with Gasteiger partial charge in [0.25, 0.3) is 0 Å². The molecular formula is C16H24NO. The largest absolute Gasteiger partial charge is 0.506 e. The summed E-state index contributed by atoms with van der Waals surface area (Å²) in [6.07, 6.45) is 9.01. The quantitative estimate of drug-likeness (QED) is 0.573. The average Bonchev–Trinajstić information content (AvgIpc) is 2.22. The molecule has 1 aromatic rings. The van der Waals surface area contributed by atoms with Crippen LogP contribution in [-0.4, -0.2) is 5.11 Å². The molecule has 1 aliphatic carbocycles. The van der Waals surface area contributed by atoms with Gasteiger partial charge in [-0.05, 0) is 30.5 Å². The molecule has 1 saturated carbocycles. The molecule has 0 heterocycles. The van der Waals surface area contributed by atoms with Crippen LogP contribution in [0.2, 0.25) is 0 Å². The van der Waals surface area contributed by atoms with E-state index in [0.717, 1.165) is 0 Å². The maximum atomic E-state index is 9.41. The minimum absolute atomic E-state index is 0. The van der Waals surface area contributed by atoms with Crippen molar-refractivity contribution in [2.75, 3.05) is 5.73 Å². The van der Waals surface area contributed by atoms with Crippen LogP contribution in [0.5, 0.6) is 5.75 Å². The number of nitrogens with two attached hydrogens (primary N) is 1. The molecule has 0 unspecified atom stereocenters. The van der Waals surface area contributed by atoms with Crippen molar-refractivity contribution in [1.29, 1.82) is 0 Å². The van der Waals surface area contributed by atoms with Crippen molar-refractivity contribution < 1.29 is 5.11 Å². The molecule has 0 aromatic heterocycles. The van der Waals surface area contributed by atoms with E-state index in [1.54, 1.807) is 6.07 Å². The highest BCUT2D eigenvalue weighted by atomic mass is 16.3. The van der Waals surface area contributed by atoms with Gasteiger partial charge in [0.05, 0.1) is 5.69 Å². The van der Waals surface area contributed by atoms with Gasteiger partial charge in [-0.1, -0.05) is 53.0 Å². The molecule has 0 bridgehead atoms. The third kappa shape index (κ3) is 4.25. The lowest BCUT2D eigenvalue weighted by Gasteiger charge is -2.19. The Kier molecular flexibility index (Phi) is 7.49. The standard InChI is InChI=1S/C14H20NO.2CH2/c15-13-10-12(8-9-14(13)16)11-6-4-2-1-3-5-7-11;;/h8-10,16H,1-7,15H2;2*1H2. The zero-order valence-electron chi connectivity index (χ0n) is 11.1. The Morgan fingerprint density at radius 1 is 0.889 bits per heavy atom. The fourth-order valence-corrected chi connectivity index (χ4v) is 2.40. The zero-order valence-corrected chi connectivity index (χ0v) is 11.1. The van der Waals surface area contributed by atoms with Crippen molar-refractivity contribution in [2.45, 2.75) is 44.9 Å². The minimum Gasteiger partial charge on any atom is -0.506 e. The number of hydrogen-bond donors (Lipinski definition) is 2. The molecule has 0 amide bonds. The lowest BCUT2D eigenvalue weighted by atomic mass is 9.86. The first-order valence-corrected chi connectivity index (χ1v) is 6.21. The van der Waals surface area contributed by atoms with Crippen molar-refractivity contribution >= 4 is 5.69 Å². The van der Waals surface area contributed by atoms with Crippen molar-refractivity contribution in [2.24, 2.45) is 0 Å². The fraction of sp³-hybridized carbons (Fsp3) is 0.438. The van der Waals surface area contributed by atoms with Crippen LogP contribution in [0, 0.1) is 20.8 Å². The monoisotopic (exact) mass is 246 g/mol. The van der Waals surface area contributed by atoms with E-state index in [0.29, 0.717) is 5.69 Å². The lowest BCUT2D eigenvalue weighted by Crippen LogP contribution is -2.04. The van der Waals surface area contributed by atoms with E-state index in [1.807, 2.05) is 12.1 Å². The number of aromatic hydroxyl groups is 1. The van der Waals surface area contributed by atoms with Gasteiger partial charge in [-0.2, -0.15) is 0 Å². The van der Waals surface area contributed by atoms with Gasteiger partial charge in [0.1, 0.15) is 5.75 Å². The van der Waals surface area contributed by atoms with Gasteiger partial charge >= 0.3 is 0 Å². The molecule has 0 saturated heterocycles. The van der Waals surface area contributed by atoms with E-state index in [2.05, 4.69) is 0 Å². The van der Waals surface area contributed by atoms with Gasteiger partial charge in [0.2, 0.25) is 0 Å². The van der Waals surface area contributed by atoms with Crippen LogP contribution in [0.3, 0.4) is 0 Å². The minimum atomic E-state index is 0. The number of phenolic OH excluding ortho intramolecular Hbond substituents is 1. The van der Waals surface area contributed by atoms with Crippen LogP contribution in [0.4, 0.5) is 5.69 Å². The lowest BCUT2D eigenvalue weighted by molar-refractivity contribution is 0.477. The van der Waals surface area contributed by atoms with Gasteiger partial charge < -0.3 is 10.8 Å². The SMILES string of the molecule is Nc1cc([C]2CCCCCCC2)ccc1O.[CH2].[CH2]. The first-order valence-electron chi connectivity index (χ1n) is 6.21. The normalized spacial score (nSPS) is 16.9. The molecule has 0 atom stereocenters. The van der Waals surface area contributed by atoms with Gasteiger partial charge in [0, 0.05) is 5.92 Å². The number of hydrogen-bond acceptors (Lipinski definition) is 2. The van der Waals surface area contributed by atoms with E-state index in [-0.39, 0.29) is 20.6 Å². The summed E-state index contributed by atoms with van der Waals surface area (Å²) < 4.78 is 0. The third-order valence-corrected chi connectivity index (χ3v) is 3.39. The summed E-state index contributed by atoms with van der Waals surface area (Å²) in [4.78, 5) is 0.